The highest BCUT2D eigenvalue weighted by atomic mass is 16.5. The smallest absolute Gasteiger partial charge is 0.170 e. The van der Waals surface area contributed by atoms with E-state index < -0.39 is 0 Å². The molecule has 0 bridgehead atoms. The maximum absolute atomic E-state index is 12.0. The van der Waals surface area contributed by atoms with Gasteiger partial charge in [-0.1, -0.05) is 42.5 Å². The summed E-state index contributed by atoms with van der Waals surface area (Å²) in [4.78, 5) is 12.0. The summed E-state index contributed by atoms with van der Waals surface area (Å²) in [6.07, 6.45) is 0.264. The standard InChI is InChI=1S/C15H12O2.H2O/c16-13-10-15(11-6-2-1-3-7-11)17-14-9-5-4-8-12(13)14;/h1-9,15H,10H2;1H2. The molecular weight excluding hydrogens is 228 g/mol. The van der Waals surface area contributed by atoms with Gasteiger partial charge in [-0.15, -0.1) is 0 Å². The van der Waals surface area contributed by atoms with Crippen LogP contribution >= 0.6 is 0 Å². The molecule has 2 N–H and O–H groups in total. The number of rotatable bonds is 1. The van der Waals surface area contributed by atoms with Gasteiger partial charge in [-0.2, -0.15) is 0 Å². The van der Waals surface area contributed by atoms with Crippen molar-refractivity contribution in [1.29, 1.82) is 0 Å². The van der Waals surface area contributed by atoms with Gasteiger partial charge >= 0.3 is 0 Å². The van der Waals surface area contributed by atoms with Crippen molar-refractivity contribution in [1.82, 2.24) is 0 Å². The van der Waals surface area contributed by atoms with Crippen LogP contribution in [0.15, 0.2) is 54.6 Å². The zero-order valence-electron chi connectivity index (χ0n) is 9.80. The van der Waals surface area contributed by atoms with Crippen molar-refractivity contribution in [2.24, 2.45) is 0 Å². The minimum absolute atomic E-state index is 0. The minimum Gasteiger partial charge on any atom is -0.484 e. The van der Waals surface area contributed by atoms with Gasteiger partial charge in [-0.3, -0.25) is 4.79 Å². The Morgan fingerprint density at radius 3 is 2.39 bits per heavy atom. The van der Waals surface area contributed by atoms with E-state index in [0.717, 1.165) is 5.56 Å². The highest BCUT2D eigenvalue weighted by molar-refractivity contribution is 5.99. The molecule has 3 rings (SSSR count). The van der Waals surface area contributed by atoms with Crippen LogP contribution in [0.2, 0.25) is 0 Å². The molecule has 0 fully saturated rings. The summed E-state index contributed by atoms with van der Waals surface area (Å²) >= 11 is 0. The van der Waals surface area contributed by atoms with Crippen LogP contribution in [0.5, 0.6) is 5.75 Å². The van der Waals surface area contributed by atoms with E-state index in [1.54, 1.807) is 0 Å². The fourth-order valence-corrected chi connectivity index (χ4v) is 2.13. The van der Waals surface area contributed by atoms with Crippen molar-refractivity contribution < 1.29 is 15.0 Å². The molecule has 1 aliphatic heterocycles. The number of Topliss-reactive ketones (excluding diaryl/α,β-unsaturated/α-hetero) is 1. The molecule has 18 heavy (non-hydrogen) atoms. The van der Waals surface area contributed by atoms with E-state index >= 15 is 0 Å². The number of carbonyl (C=O) groups excluding carboxylic acids is 1. The first-order valence-corrected chi connectivity index (χ1v) is 5.68. The monoisotopic (exact) mass is 242 g/mol. The summed E-state index contributed by atoms with van der Waals surface area (Å²) in [5, 5.41) is 0. The Bertz CT molecular complexity index is 549. The zero-order chi connectivity index (χ0) is 11.7. The van der Waals surface area contributed by atoms with E-state index in [4.69, 9.17) is 4.74 Å². The van der Waals surface area contributed by atoms with Crippen molar-refractivity contribution in [2.75, 3.05) is 0 Å². The highest BCUT2D eigenvalue weighted by Gasteiger charge is 2.26. The fourth-order valence-electron chi connectivity index (χ4n) is 2.13. The molecule has 2 aromatic rings. The molecule has 3 nitrogen and oxygen atoms in total. The molecule has 0 amide bonds. The molecular formula is C15H14O3. The van der Waals surface area contributed by atoms with Crippen molar-refractivity contribution >= 4 is 5.78 Å². The predicted octanol–water partition coefficient (Wildman–Crippen LogP) is 2.57. The van der Waals surface area contributed by atoms with Crippen molar-refractivity contribution in [3.8, 4) is 5.75 Å². The summed E-state index contributed by atoms with van der Waals surface area (Å²) in [6.45, 7) is 0. The molecule has 0 aliphatic carbocycles. The van der Waals surface area contributed by atoms with Crippen LogP contribution in [0.1, 0.15) is 28.4 Å². The first-order valence-electron chi connectivity index (χ1n) is 5.68. The van der Waals surface area contributed by atoms with Crippen LogP contribution < -0.4 is 4.74 Å². The average molecular weight is 242 g/mol. The van der Waals surface area contributed by atoms with E-state index in [1.807, 2.05) is 54.6 Å². The van der Waals surface area contributed by atoms with Crippen LogP contribution in [0.3, 0.4) is 0 Å². The molecule has 0 aromatic heterocycles. The van der Waals surface area contributed by atoms with Crippen LogP contribution in [0.4, 0.5) is 0 Å². The normalized spacial score (nSPS) is 17.3. The first kappa shape index (κ1) is 12.3. The third kappa shape index (κ3) is 2.13. The second-order valence-corrected chi connectivity index (χ2v) is 4.14. The number of ketones is 1. The van der Waals surface area contributed by atoms with Crippen LogP contribution in [0.25, 0.3) is 0 Å². The maximum Gasteiger partial charge on any atom is 0.170 e. The van der Waals surface area contributed by atoms with E-state index in [1.165, 1.54) is 0 Å². The van der Waals surface area contributed by atoms with Gasteiger partial charge in [-0.25, -0.2) is 0 Å². The molecule has 3 heteroatoms. The van der Waals surface area contributed by atoms with E-state index in [2.05, 4.69) is 0 Å². The molecule has 1 aliphatic rings. The van der Waals surface area contributed by atoms with E-state index in [-0.39, 0.29) is 17.4 Å². The molecule has 0 spiro atoms. The van der Waals surface area contributed by atoms with Gasteiger partial charge < -0.3 is 10.2 Å². The summed E-state index contributed by atoms with van der Waals surface area (Å²) in [6, 6.07) is 17.3. The van der Waals surface area contributed by atoms with Gasteiger partial charge in [0, 0.05) is 0 Å². The Morgan fingerprint density at radius 2 is 1.61 bits per heavy atom. The Labute approximate surface area is 105 Å². The number of hydrogen-bond donors (Lipinski definition) is 0. The number of benzene rings is 2. The Morgan fingerprint density at radius 1 is 0.944 bits per heavy atom. The quantitative estimate of drug-likeness (QED) is 0.771. The second kappa shape index (κ2) is 5.02. The van der Waals surface area contributed by atoms with Crippen molar-refractivity contribution in [2.45, 2.75) is 12.5 Å². The van der Waals surface area contributed by atoms with Crippen LogP contribution in [-0.4, -0.2) is 11.3 Å². The third-order valence-electron chi connectivity index (χ3n) is 3.00. The van der Waals surface area contributed by atoms with Gasteiger partial charge in [0.15, 0.2) is 5.78 Å². The molecule has 0 saturated carbocycles. The maximum atomic E-state index is 12.0. The van der Waals surface area contributed by atoms with Gasteiger partial charge in [0.1, 0.15) is 11.9 Å². The fraction of sp³-hybridized carbons (Fsp3) is 0.133. The predicted molar refractivity (Wildman–Crippen MR) is 68.8 cm³/mol. The third-order valence-corrected chi connectivity index (χ3v) is 3.00. The molecule has 0 radical (unpaired) electrons. The Kier molecular flexibility index (Phi) is 3.44. The van der Waals surface area contributed by atoms with Crippen molar-refractivity contribution in [3.05, 3.63) is 65.7 Å². The first-order chi connectivity index (χ1) is 8.34. The SMILES string of the molecule is O.O=C1CC(c2ccccc2)Oc2ccccc21. The molecule has 2 aromatic carbocycles. The van der Waals surface area contributed by atoms with E-state index in [9.17, 15) is 4.79 Å². The number of hydrogen-bond acceptors (Lipinski definition) is 2. The number of fused-ring (bicyclic) bond motifs is 1. The summed E-state index contributed by atoms with van der Waals surface area (Å²) in [7, 11) is 0. The zero-order valence-corrected chi connectivity index (χ0v) is 9.80. The van der Waals surface area contributed by atoms with E-state index in [0.29, 0.717) is 17.7 Å². The molecule has 1 unspecified atom stereocenters. The molecule has 0 saturated heterocycles. The largest absolute Gasteiger partial charge is 0.484 e. The average Bonchev–Trinajstić information content (AvgIpc) is 2.40. The molecule has 1 atom stereocenters. The lowest BCUT2D eigenvalue weighted by atomic mass is 9.96. The molecule has 1 heterocycles. The minimum atomic E-state index is -0.154. The molecule has 92 valence electrons. The summed E-state index contributed by atoms with van der Waals surface area (Å²) < 4.78 is 5.87. The lowest BCUT2D eigenvalue weighted by Crippen LogP contribution is -2.20. The topological polar surface area (TPSA) is 57.8 Å². The summed E-state index contributed by atoms with van der Waals surface area (Å²) in [5.41, 5.74) is 1.75. The lowest BCUT2D eigenvalue weighted by Gasteiger charge is -2.25. The van der Waals surface area contributed by atoms with Gasteiger partial charge in [0.05, 0.1) is 12.0 Å². The Hall–Kier alpha value is -2.13. The van der Waals surface area contributed by atoms with Gasteiger partial charge in [0.2, 0.25) is 0 Å². The number of ether oxygens (including phenoxy) is 1. The highest BCUT2D eigenvalue weighted by Crippen LogP contribution is 2.34. The number of carbonyl (C=O) groups is 1. The second-order valence-electron chi connectivity index (χ2n) is 4.14. The summed E-state index contributed by atoms with van der Waals surface area (Å²) in [5.74, 6) is 0.846. The van der Waals surface area contributed by atoms with Crippen LogP contribution in [-0.2, 0) is 0 Å². The Balaban J connectivity index is 0.00000120. The van der Waals surface area contributed by atoms with Crippen molar-refractivity contribution in [3.63, 3.8) is 0 Å². The van der Waals surface area contributed by atoms with Crippen LogP contribution in [0, 0.1) is 0 Å². The lowest BCUT2D eigenvalue weighted by molar-refractivity contribution is 0.0850. The van der Waals surface area contributed by atoms with Gasteiger partial charge in [0.25, 0.3) is 0 Å². The number of para-hydroxylation sites is 1. The van der Waals surface area contributed by atoms with Gasteiger partial charge in [-0.05, 0) is 17.7 Å².